The summed E-state index contributed by atoms with van der Waals surface area (Å²) in [6.45, 7) is 8.90. The molecule has 28 heavy (non-hydrogen) atoms. The van der Waals surface area contributed by atoms with Gasteiger partial charge in [0.1, 0.15) is 0 Å². The second-order valence-corrected chi connectivity index (χ2v) is 7.37. The summed E-state index contributed by atoms with van der Waals surface area (Å²) in [6, 6.07) is 8.28. The van der Waals surface area contributed by atoms with Gasteiger partial charge in [-0.05, 0) is 29.9 Å². The molecule has 0 saturated heterocycles. The lowest BCUT2D eigenvalue weighted by atomic mass is 10.1. The highest BCUT2D eigenvalue weighted by atomic mass is 127. The van der Waals surface area contributed by atoms with Gasteiger partial charge < -0.3 is 20.3 Å². The number of halogens is 1. The van der Waals surface area contributed by atoms with Crippen LogP contribution >= 0.6 is 24.0 Å². The third-order valence-electron chi connectivity index (χ3n) is 4.49. The SMILES string of the molecule is CN=C(NCCCOCC(C)C)NCCCC(=O)N1Cc2ccccc2C1.I. The zero-order valence-corrected chi connectivity index (χ0v) is 19.7. The van der Waals surface area contributed by atoms with Gasteiger partial charge in [-0.1, -0.05) is 38.1 Å². The predicted molar refractivity (Wildman–Crippen MR) is 125 cm³/mol. The monoisotopic (exact) mass is 502 g/mol. The number of nitrogens with one attached hydrogen (secondary N) is 2. The molecule has 2 rings (SSSR count). The Hall–Kier alpha value is -1.35. The van der Waals surface area contributed by atoms with Gasteiger partial charge >= 0.3 is 0 Å². The van der Waals surface area contributed by atoms with Crippen LogP contribution < -0.4 is 10.6 Å². The van der Waals surface area contributed by atoms with Crippen LogP contribution in [-0.4, -0.2) is 50.1 Å². The van der Waals surface area contributed by atoms with Crippen molar-refractivity contribution in [3.63, 3.8) is 0 Å². The highest BCUT2D eigenvalue weighted by molar-refractivity contribution is 14.0. The number of rotatable bonds is 10. The number of benzene rings is 1. The minimum Gasteiger partial charge on any atom is -0.381 e. The highest BCUT2D eigenvalue weighted by Crippen LogP contribution is 2.22. The van der Waals surface area contributed by atoms with Crippen LogP contribution in [0.2, 0.25) is 0 Å². The van der Waals surface area contributed by atoms with Gasteiger partial charge in [0, 0.05) is 52.9 Å². The minimum absolute atomic E-state index is 0. The maximum absolute atomic E-state index is 12.4. The van der Waals surface area contributed by atoms with Gasteiger partial charge in [-0.15, -0.1) is 24.0 Å². The van der Waals surface area contributed by atoms with Crippen LogP contribution in [0.4, 0.5) is 0 Å². The van der Waals surface area contributed by atoms with Crippen molar-refractivity contribution in [3.8, 4) is 0 Å². The smallest absolute Gasteiger partial charge is 0.223 e. The standard InChI is InChI=1S/C21H34N4O2.HI/c1-17(2)16-27-13-7-12-24-21(22-3)23-11-6-10-20(26)25-14-18-8-4-5-9-19(18)15-25;/h4-5,8-9,17H,6-7,10-16H2,1-3H3,(H2,22,23,24);1H. The quantitative estimate of drug-likeness (QED) is 0.223. The molecular formula is C21H35IN4O2. The molecule has 0 radical (unpaired) electrons. The van der Waals surface area contributed by atoms with Crippen molar-refractivity contribution in [2.45, 2.75) is 46.2 Å². The Morgan fingerprint density at radius 2 is 1.75 bits per heavy atom. The fourth-order valence-corrected chi connectivity index (χ4v) is 3.03. The summed E-state index contributed by atoms with van der Waals surface area (Å²) in [6.07, 6.45) is 2.30. The summed E-state index contributed by atoms with van der Waals surface area (Å²) in [5, 5.41) is 6.55. The molecule has 0 fully saturated rings. The average molecular weight is 502 g/mol. The third kappa shape index (κ3) is 8.77. The van der Waals surface area contributed by atoms with Gasteiger partial charge in [-0.2, -0.15) is 0 Å². The van der Waals surface area contributed by atoms with Crippen molar-refractivity contribution in [2.24, 2.45) is 10.9 Å². The van der Waals surface area contributed by atoms with E-state index in [4.69, 9.17) is 4.74 Å². The first-order chi connectivity index (χ1) is 13.1. The number of guanidine groups is 1. The van der Waals surface area contributed by atoms with Crippen molar-refractivity contribution >= 4 is 35.8 Å². The Bertz CT molecular complexity index is 597. The van der Waals surface area contributed by atoms with Crippen molar-refractivity contribution in [1.29, 1.82) is 0 Å². The Balaban J connectivity index is 0.00000392. The van der Waals surface area contributed by atoms with Crippen molar-refractivity contribution in [3.05, 3.63) is 35.4 Å². The van der Waals surface area contributed by atoms with Gasteiger partial charge in [0.05, 0.1) is 0 Å². The molecule has 158 valence electrons. The van der Waals surface area contributed by atoms with Crippen LogP contribution in [0.25, 0.3) is 0 Å². The van der Waals surface area contributed by atoms with Crippen molar-refractivity contribution < 1.29 is 9.53 Å². The summed E-state index contributed by atoms with van der Waals surface area (Å²) in [4.78, 5) is 18.5. The van der Waals surface area contributed by atoms with E-state index < -0.39 is 0 Å². The summed E-state index contributed by atoms with van der Waals surface area (Å²) in [7, 11) is 1.76. The number of hydrogen-bond donors (Lipinski definition) is 2. The summed E-state index contributed by atoms with van der Waals surface area (Å²) in [5.41, 5.74) is 2.54. The number of carbonyl (C=O) groups is 1. The first kappa shape index (κ1) is 24.7. The van der Waals surface area contributed by atoms with E-state index in [-0.39, 0.29) is 29.9 Å². The number of ether oxygens (including phenoxy) is 1. The molecule has 2 N–H and O–H groups in total. The molecule has 1 aliphatic heterocycles. The van der Waals surface area contributed by atoms with Gasteiger partial charge in [0.15, 0.2) is 5.96 Å². The number of amides is 1. The lowest BCUT2D eigenvalue weighted by Gasteiger charge is -2.16. The second kappa shape index (κ2) is 13.8. The van der Waals surface area contributed by atoms with E-state index in [1.807, 2.05) is 17.0 Å². The first-order valence-electron chi connectivity index (χ1n) is 9.97. The number of fused-ring (bicyclic) bond motifs is 1. The first-order valence-corrected chi connectivity index (χ1v) is 9.97. The molecule has 1 aromatic rings. The predicted octanol–water partition coefficient (Wildman–Crippen LogP) is 3.15. The molecule has 0 bridgehead atoms. The average Bonchev–Trinajstić information content (AvgIpc) is 3.10. The van der Waals surface area contributed by atoms with Gasteiger partial charge in [0.25, 0.3) is 0 Å². The van der Waals surface area contributed by atoms with Crippen LogP contribution in [0.3, 0.4) is 0 Å². The molecule has 1 aromatic carbocycles. The van der Waals surface area contributed by atoms with Crippen molar-refractivity contribution in [2.75, 3.05) is 33.4 Å². The molecule has 0 spiro atoms. The fraction of sp³-hybridized carbons (Fsp3) is 0.619. The molecule has 1 heterocycles. The normalized spacial score (nSPS) is 13.3. The number of nitrogens with zero attached hydrogens (tertiary/aromatic N) is 2. The third-order valence-corrected chi connectivity index (χ3v) is 4.49. The molecule has 6 nitrogen and oxygen atoms in total. The fourth-order valence-electron chi connectivity index (χ4n) is 3.03. The molecule has 0 saturated carbocycles. The van der Waals surface area contributed by atoms with E-state index in [0.29, 0.717) is 12.3 Å². The van der Waals surface area contributed by atoms with E-state index in [1.165, 1.54) is 11.1 Å². The number of hydrogen-bond acceptors (Lipinski definition) is 3. The van der Waals surface area contributed by atoms with Gasteiger partial charge in [-0.25, -0.2) is 0 Å². The highest BCUT2D eigenvalue weighted by Gasteiger charge is 2.22. The molecule has 0 atom stereocenters. The molecule has 0 aromatic heterocycles. The summed E-state index contributed by atoms with van der Waals surface area (Å²) in [5.74, 6) is 1.57. The second-order valence-electron chi connectivity index (χ2n) is 7.37. The molecule has 1 amide bonds. The molecule has 1 aliphatic rings. The Morgan fingerprint density at radius 3 is 2.32 bits per heavy atom. The van der Waals surface area contributed by atoms with E-state index in [1.54, 1.807) is 7.05 Å². The van der Waals surface area contributed by atoms with E-state index in [9.17, 15) is 4.79 Å². The van der Waals surface area contributed by atoms with Crippen molar-refractivity contribution in [1.82, 2.24) is 15.5 Å². The van der Waals surface area contributed by atoms with Crippen LogP contribution in [0.5, 0.6) is 0 Å². The minimum atomic E-state index is 0. The molecular weight excluding hydrogens is 467 g/mol. The summed E-state index contributed by atoms with van der Waals surface area (Å²) < 4.78 is 5.57. The Morgan fingerprint density at radius 1 is 1.14 bits per heavy atom. The number of carbonyl (C=O) groups excluding carboxylic acids is 1. The molecule has 0 aliphatic carbocycles. The van der Waals surface area contributed by atoms with E-state index in [0.717, 1.165) is 58.2 Å². The zero-order valence-electron chi connectivity index (χ0n) is 17.4. The summed E-state index contributed by atoms with van der Waals surface area (Å²) >= 11 is 0. The number of aliphatic imine (C=N–C) groups is 1. The lowest BCUT2D eigenvalue weighted by molar-refractivity contribution is -0.131. The maximum Gasteiger partial charge on any atom is 0.223 e. The topological polar surface area (TPSA) is 66.0 Å². The van der Waals surface area contributed by atoms with Crippen LogP contribution in [-0.2, 0) is 22.6 Å². The largest absolute Gasteiger partial charge is 0.381 e. The lowest BCUT2D eigenvalue weighted by Crippen LogP contribution is -2.38. The Kier molecular flexibility index (Phi) is 12.1. The molecule has 0 unspecified atom stereocenters. The Labute approximate surface area is 186 Å². The maximum atomic E-state index is 12.4. The zero-order chi connectivity index (χ0) is 19.5. The van der Waals surface area contributed by atoms with Crippen LogP contribution in [0.1, 0.15) is 44.2 Å². The van der Waals surface area contributed by atoms with Gasteiger partial charge in [-0.3, -0.25) is 9.79 Å². The van der Waals surface area contributed by atoms with E-state index >= 15 is 0 Å². The van der Waals surface area contributed by atoms with E-state index in [2.05, 4.69) is 41.6 Å². The molecule has 7 heteroatoms. The van der Waals surface area contributed by atoms with Gasteiger partial charge in [0.2, 0.25) is 5.91 Å². The van der Waals surface area contributed by atoms with Crippen LogP contribution in [0.15, 0.2) is 29.3 Å². The van der Waals surface area contributed by atoms with Crippen LogP contribution in [0, 0.1) is 5.92 Å².